The SMILES string of the molecule is CCC=NC(=O)O. The van der Waals surface area contributed by atoms with Crippen LogP contribution in [0.25, 0.3) is 0 Å². The van der Waals surface area contributed by atoms with Crippen LogP contribution in [0.3, 0.4) is 0 Å². The van der Waals surface area contributed by atoms with Crippen LogP contribution in [0.2, 0.25) is 0 Å². The number of hydrogen-bond acceptors (Lipinski definition) is 1. The molecule has 0 heterocycles. The Bertz CT molecular complexity index is 87.7. The summed E-state index contributed by atoms with van der Waals surface area (Å²) in [5.74, 6) is 0. The quantitative estimate of drug-likeness (QED) is 0.503. The second-order valence-corrected chi connectivity index (χ2v) is 1.00. The lowest BCUT2D eigenvalue weighted by Gasteiger charge is -1.73. The minimum atomic E-state index is -1.12. The predicted molar refractivity (Wildman–Crippen MR) is 26.8 cm³/mol. The van der Waals surface area contributed by atoms with Crippen molar-refractivity contribution in [1.29, 1.82) is 0 Å². The van der Waals surface area contributed by atoms with Gasteiger partial charge >= 0.3 is 6.09 Å². The molecule has 0 aromatic carbocycles. The van der Waals surface area contributed by atoms with Crippen LogP contribution >= 0.6 is 0 Å². The molecule has 0 saturated carbocycles. The standard InChI is InChI=1S/C4H7NO2/c1-2-3-5-4(6)7/h3H,2H2,1H3,(H,6,7). The van der Waals surface area contributed by atoms with Crippen LogP contribution in [0.5, 0.6) is 0 Å². The van der Waals surface area contributed by atoms with Crippen LogP contribution < -0.4 is 0 Å². The Morgan fingerprint density at radius 1 is 2.00 bits per heavy atom. The largest absolute Gasteiger partial charge is 0.463 e. The molecule has 0 aliphatic rings. The molecule has 0 rings (SSSR count). The molecule has 3 nitrogen and oxygen atoms in total. The minimum Gasteiger partial charge on any atom is -0.463 e. The number of carbonyl (C=O) groups is 1. The molecular weight excluding hydrogens is 94.0 g/mol. The zero-order valence-electron chi connectivity index (χ0n) is 4.09. The number of aliphatic imine (C=N–C) groups is 1. The highest BCUT2D eigenvalue weighted by atomic mass is 16.4. The highest BCUT2D eigenvalue weighted by molar-refractivity contribution is 5.77. The van der Waals surface area contributed by atoms with Crippen LogP contribution in [-0.4, -0.2) is 17.4 Å². The molecule has 7 heavy (non-hydrogen) atoms. The van der Waals surface area contributed by atoms with Gasteiger partial charge in [0, 0.05) is 6.21 Å². The van der Waals surface area contributed by atoms with Crippen molar-refractivity contribution < 1.29 is 9.90 Å². The molecule has 0 unspecified atom stereocenters. The van der Waals surface area contributed by atoms with Crippen molar-refractivity contribution in [2.45, 2.75) is 13.3 Å². The lowest BCUT2D eigenvalue weighted by atomic mass is 10.5. The lowest BCUT2D eigenvalue weighted by molar-refractivity contribution is 0.206. The molecule has 0 aromatic heterocycles. The van der Waals surface area contributed by atoms with Gasteiger partial charge in [0.05, 0.1) is 0 Å². The number of amides is 1. The Balaban J connectivity index is 3.26. The van der Waals surface area contributed by atoms with Gasteiger partial charge in [-0.25, -0.2) is 4.79 Å². The predicted octanol–water partition coefficient (Wildman–Crippen LogP) is 1.15. The van der Waals surface area contributed by atoms with Gasteiger partial charge in [-0.2, -0.15) is 4.99 Å². The van der Waals surface area contributed by atoms with Crippen molar-refractivity contribution in [3.05, 3.63) is 0 Å². The molecule has 0 atom stereocenters. The first-order valence-corrected chi connectivity index (χ1v) is 2.02. The average molecular weight is 101 g/mol. The summed E-state index contributed by atoms with van der Waals surface area (Å²) in [5.41, 5.74) is 0. The molecule has 0 radical (unpaired) electrons. The summed E-state index contributed by atoms with van der Waals surface area (Å²) < 4.78 is 0. The van der Waals surface area contributed by atoms with E-state index in [0.29, 0.717) is 6.42 Å². The summed E-state index contributed by atoms with van der Waals surface area (Å²) >= 11 is 0. The van der Waals surface area contributed by atoms with Gasteiger partial charge in [0.2, 0.25) is 0 Å². The highest BCUT2D eigenvalue weighted by Gasteiger charge is 1.80. The van der Waals surface area contributed by atoms with E-state index >= 15 is 0 Å². The van der Waals surface area contributed by atoms with Gasteiger partial charge in [-0.15, -0.1) is 0 Å². The van der Waals surface area contributed by atoms with Gasteiger partial charge in [-0.3, -0.25) is 0 Å². The third-order valence-electron chi connectivity index (χ3n) is 0.384. The summed E-state index contributed by atoms with van der Waals surface area (Å²) in [6.45, 7) is 1.83. The summed E-state index contributed by atoms with van der Waals surface area (Å²) in [6, 6.07) is 0. The first kappa shape index (κ1) is 6.14. The van der Waals surface area contributed by atoms with E-state index in [0.717, 1.165) is 0 Å². The summed E-state index contributed by atoms with van der Waals surface area (Å²) in [4.78, 5) is 12.6. The zero-order valence-corrected chi connectivity index (χ0v) is 4.09. The van der Waals surface area contributed by atoms with Crippen molar-refractivity contribution >= 4 is 12.3 Å². The Hall–Kier alpha value is -0.860. The number of rotatable bonds is 1. The fourth-order valence-electron chi connectivity index (χ4n) is 0.169. The van der Waals surface area contributed by atoms with Crippen LogP contribution in [0.4, 0.5) is 4.79 Å². The molecule has 40 valence electrons. The normalized spacial score (nSPS) is 9.86. The first-order chi connectivity index (χ1) is 3.27. The van der Waals surface area contributed by atoms with E-state index in [4.69, 9.17) is 5.11 Å². The molecule has 0 fully saturated rings. The number of carboxylic acid groups (broad SMARTS) is 1. The second-order valence-electron chi connectivity index (χ2n) is 1.00. The molecular formula is C4H7NO2. The Kier molecular flexibility index (Phi) is 2.92. The molecule has 1 amide bonds. The van der Waals surface area contributed by atoms with E-state index in [2.05, 4.69) is 4.99 Å². The third-order valence-corrected chi connectivity index (χ3v) is 0.384. The summed E-state index contributed by atoms with van der Waals surface area (Å²) in [5, 5.41) is 7.85. The first-order valence-electron chi connectivity index (χ1n) is 2.02. The summed E-state index contributed by atoms with van der Waals surface area (Å²) in [7, 11) is 0. The van der Waals surface area contributed by atoms with E-state index in [1.54, 1.807) is 0 Å². The molecule has 0 aliphatic heterocycles. The molecule has 0 aliphatic carbocycles. The topological polar surface area (TPSA) is 49.7 Å². The Labute approximate surface area is 41.7 Å². The van der Waals surface area contributed by atoms with Gasteiger partial charge < -0.3 is 5.11 Å². The van der Waals surface area contributed by atoms with Gasteiger partial charge in [-0.1, -0.05) is 6.92 Å². The monoisotopic (exact) mass is 101 g/mol. The van der Waals surface area contributed by atoms with E-state index in [9.17, 15) is 4.79 Å². The number of hydrogen-bond donors (Lipinski definition) is 1. The zero-order chi connectivity index (χ0) is 5.70. The minimum absolute atomic E-state index is 0.673. The number of nitrogens with zero attached hydrogens (tertiary/aromatic N) is 1. The molecule has 0 spiro atoms. The maximum atomic E-state index is 9.56. The molecule has 0 saturated heterocycles. The van der Waals surface area contributed by atoms with Crippen molar-refractivity contribution in [1.82, 2.24) is 0 Å². The molecule has 0 aromatic rings. The maximum absolute atomic E-state index is 9.56. The molecule has 3 heteroatoms. The van der Waals surface area contributed by atoms with Crippen LogP contribution in [-0.2, 0) is 0 Å². The van der Waals surface area contributed by atoms with E-state index in [1.807, 2.05) is 6.92 Å². The van der Waals surface area contributed by atoms with E-state index < -0.39 is 6.09 Å². The van der Waals surface area contributed by atoms with Gasteiger partial charge in [0.15, 0.2) is 0 Å². The highest BCUT2D eigenvalue weighted by Crippen LogP contribution is 1.70. The van der Waals surface area contributed by atoms with E-state index in [-0.39, 0.29) is 0 Å². The smallest absolute Gasteiger partial charge is 0.430 e. The fraction of sp³-hybridized carbons (Fsp3) is 0.500. The van der Waals surface area contributed by atoms with Crippen LogP contribution in [0, 0.1) is 0 Å². The molecule has 1 N–H and O–H groups in total. The Morgan fingerprint density at radius 3 is 2.71 bits per heavy atom. The van der Waals surface area contributed by atoms with Crippen LogP contribution in [0.15, 0.2) is 4.99 Å². The summed E-state index contributed by atoms with van der Waals surface area (Å²) in [6.07, 6.45) is 0.899. The van der Waals surface area contributed by atoms with Crippen molar-refractivity contribution in [2.75, 3.05) is 0 Å². The molecule has 0 bridgehead atoms. The lowest BCUT2D eigenvalue weighted by Crippen LogP contribution is -1.83. The van der Waals surface area contributed by atoms with Crippen LogP contribution in [0.1, 0.15) is 13.3 Å². The van der Waals surface area contributed by atoms with Crippen molar-refractivity contribution in [3.63, 3.8) is 0 Å². The average Bonchev–Trinajstić information content (AvgIpc) is 1.61. The van der Waals surface area contributed by atoms with Crippen molar-refractivity contribution in [2.24, 2.45) is 4.99 Å². The fourth-order valence-corrected chi connectivity index (χ4v) is 0.169. The second kappa shape index (κ2) is 3.33. The van der Waals surface area contributed by atoms with Gasteiger partial charge in [0.25, 0.3) is 0 Å². The van der Waals surface area contributed by atoms with Gasteiger partial charge in [-0.05, 0) is 6.42 Å². The maximum Gasteiger partial charge on any atom is 0.430 e. The van der Waals surface area contributed by atoms with E-state index in [1.165, 1.54) is 6.21 Å². The van der Waals surface area contributed by atoms with Crippen molar-refractivity contribution in [3.8, 4) is 0 Å². The van der Waals surface area contributed by atoms with Gasteiger partial charge in [0.1, 0.15) is 0 Å². The third kappa shape index (κ3) is 5.14. The Morgan fingerprint density at radius 2 is 2.57 bits per heavy atom.